The predicted octanol–water partition coefficient (Wildman–Crippen LogP) is 8.98. The fourth-order valence-corrected chi connectivity index (χ4v) is 8.92. The van der Waals surface area contributed by atoms with Crippen LogP contribution < -0.4 is 15.9 Å². The molecule has 2 N–H and O–H groups in total. The average molecular weight is 547 g/mol. The molecule has 3 heteroatoms. The molecule has 4 atom stereocenters. The molecule has 2 nitrogen and oxygen atoms in total. The molecule has 0 amide bonds. The van der Waals surface area contributed by atoms with E-state index in [1.807, 2.05) is 0 Å². The summed E-state index contributed by atoms with van der Waals surface area (Å²) in [5, 5.41) is 14.6. The molecule has 1 saturated heterocycles. The first kappa shape index (κ1) is 28.5. The van der Waals surface area contributed by atoms with E-state index >= 15 is 0 Å². The van der Waals surface area contributed by atoms with Crippen LogP contribution in [0, 0.1) is 6.92 Å². The molecule has 1 aliphatic carbocycles. The van der Waals surface area contributed by atoms with E-state index in [0.29, 0.717) is 23.6 Å². The maximum absolute atomic E-state index is 3.93. The number of fused-ring (bicyclic) bond motifs is 3. The van der Waals surface area contributed by atoms with Gasteiger partial charge in [-0.15, -0.1) is 0 Å². The number of nitrogens with one attached hydrogen (secondary N) is 2. The van der Waals surface area contributed by atoms with E-state index in [0.717, 1.165) is 0 Å². The third kappa shape index (κ3) is 7.38. The normalized spacial score (nSPS) is 24.0. The summed E-state index contributed by atoms with van der Waals surface area (Å²) in [6.07, 6.45) is 5.46. The second kappa shape index (κ2) is 14.0. The Hall–Kier alpha value is -3.03. The van der Waals surface area contributed by atoms with Gasteiger partial charge in [0.05, 0.1) is 0 Å². The number of hydrogen-bond donors (Lipinski definition) is 2. The molecule has 1 saturated carbocycles. The molecule has 0 radical (unpaired) electrons. The van der Waals surface area contributed by atoms with Gasteiger partial charge in [0.2, 0.25) is 0 Å². The Kier molecular flexibility index (Phi) is 10.0. The van der Waals surface area contributed by atoms with Gasteiger partial charge >= 0.3 is 0 Å². The number of aryl methyl sites for hydroxylation is 1. The van der Waals surface area contributed by atoms with Gasteiger partial charge in [0, 0.05) is 23.6 Å². The van der Waals surface area contributed by atoms with Crippen molar-refractivity contribution in [3.05, 3.63) is 127 Å². The minimum absolute atomic E-state index is 0.175. The van der Waals surface area contributed by atoms with Gasteiger partial charge in [0.15, 0.2) is 0 Å². The molecule has 1 heterocycles. The first-order chi connectivity index (χ1) is 19.6. The standard InChI is InChI=1S/C16H25N2P.C11H10.C10H8/c1-12-17-15-10-6-7-11-16(15)18-13(2)19(12)14-8-4-3-5-9-14;1-9-6-7-10-4-2-3-5-11(10)8-9;1-2-6-10-8-4-3-7-9(10)5-1/h3-5,8-9,12-13,15-18H,6-7,10-11H2,1-2H3;2-8H,1H3;1-8H/t12?,13?,15-,16-,19?;;/m0../s1. The molecule has 5 aromatic rings. The monoisotopic (exact) mass is 546 g/mol. The van der Waals surface area contributed by atoms with Crippen molar-refractivity contribution in [2.24, 2.45) is 0 Å². The van der Waals surface area contributed by atoms with Crippen molar-refractivity contribution in [2.75, 3.05) is 0 Å². The minimum atomic E-state index is -0.175. The zero-order valence-electron chi connectivity index (χ0n) is 24.1. The lowest BCUT2D eigenvalue weighted by Crippen LogP contribution is -2.49. The van der Waals surface area contributed by atoms with Gasteiger partial charge in [-0.05, 0) is 68.4 Å². The first-order valence-electron chi connectivity index (χ1n) is 14.8. The summed E-state index contributed by atoms with van der Waals surface area (Å²) in [7, 11) is -0.175. The highest BCUT2D eigenvalue weighted by molar-refractivity contribution is 7.66. The second-order valence-electron chi connectivity index (χ2n) is 11.1. The largest absolute Gasteiger partial charge is 0.306 e. The summed E-state index contributed by atoms with van der Waals surface area (Å²) in [6.45, 7) is 6.88. The van der Waals surface area contributed by atoms with Crippen molar-refractivity contribution in [1.82, 2.24) is 10.6 Å². The van der Waals surface area contributed by atoms with Gasteiger partial charge in [0.1, 0.15) is 0 Å². The van der Waals surface area contributed by atoms with Crippen LogP contribution in [0.4, 0.5) is 0 Å². The fourth-order valence-electron chi connectivity index (χ4n) is 6.13. The molecule has 2 unspecified atom stereocenters. The van der Waals surface area contributed by atoms with E-state index in [1.54, 1.807) is 0 Å². The van der Waals surface area contributed by atoms with E-state index < -0.39 is 0 Å². The molecule has 2 fully saturated rings. The molecule has 40 heavy (non-hydrogen) atoms. The highest BCUT2D eigenvalue weighted by atomic mass is 31.1. The number of benzene rings is 5. The summed E-state index contributed by atoms with van der Waals surface area (Å²) in [5.41, 5.74) is 1.32. The molecule has 0 spiro atoms. The molecule has 2 aliphatic rings. The van der Waals surface area contributed by atoms with Crippen LogP contribution in [0.15, 0.2) is 121 Å². The quantitative estimate of drug-likeness (QED) is 0.205. The predicted molar refractivity (Wildman–Crippen MR) is 177 cm³/mol. The first-order valence-corrected chi connectivity index (χ1v) is 16.3. The molecule has 5 aromatic carbocycles. The Morgan fingerprint density at radius 3 is 1.45 bits per heavy atom. The van der Waals surface area contributed by atoms with E-state index in [4.69, 9.17) is 0 Å². The van der Waals surface area contributed by atoms with Crippen molar-refractivity contribution in [1.29, 1.82) is 0 Å². The highest BCUT2D eigenvalue weighted by Crippen LogP contribution is 2.45. The van der Waals surface area contributed by atoms with Crippen LogP contribution in [-0.2, 0) is 0 Å². The highest BCUT2D eigenvalue weighted by Gasteiger charge is 2.36. The van der Waals surface area contributed by atoms with Gasteiger partial charge in [-0.3, -0.25) is 0 Å². The second-order valence-corrected chi connectivity index (χ2v) is 14.0. The van der Waals surface area contributed by atoms with Gasteiger partial charge in [-0.25, -0.2) is 0 Å². The molecular weight excluding hydrogens is 503 g/mol. The lowest BCUT2D eigenvalue weighted by Gasteiger charge is -2.32. The van der Waals surface area contributed by atoms with E-state index in [-0.39, 0.29) is 7.92 Å². The van der Waals surface area contributed by atoms with Crippen molar-refractivity contribution < 1.29 is 0 Å². The van der Waals surface area contributed by atoms with E-state index in [2.05, 4.69) is 153 Å². The fraction of sp³-hybridized carbons (Fsp3) is 0.297. The summed E-state index contributed by atoms with van der Waals surface area (Å²) in [6, 6.07) is 44.1. The number of hydrogen-bond acceptors (Lipinski definition) is 2. The van der Waals surface area contributed by atoms with E-state index in [1.165, 1.54) is 58.1 Å². The van der Waals surface area contributed by atoms with Crippen LogP contribution in [0.25, 0.3) is 21.5 Å². The molecule has 0 bridgehead atoms. The van der Waals surface area contributed by atoms with Crippen molar-refractivity contribution >= 4 is 34.8 Å². The van der Waals surface area contributed by atoms with Crippen molar-refractivity contribution in [3.8, 4) is 0 Å². The van der Waals surface area contributed by atoms with Crippen LogP contribution in [0.3, 0.4) is 0 Å². The molecule has 0 aromatic heterocycles. The maximum atomic E-state index is 3.93. The summed E-state index contributed by atoms with van der Waals surface area (Å²) >= 11 is 0. The van der Waals surface area contributed by atoms with E-state index in [9.17, 15) is 0 Å². The number of rotatable bonds is 1. The van der Waals surface area contributed by atoms with Gasteiger partial charge in [-0.2, -0.15) is 0 Å². The third-order valence-electron chi connectivity index (χ3n) is 8.13. The average Bonchev–Trinajstić information content (AvgIpc) is 3.12. The molecular formula is C37H43N2P. The Morgan fingerprint density at radius 2 is 0.950 bits per heavy atom. The maximum Gasteiger partial charge on any atom is 0.0298 e. The molecule has 206 valence electrons. The molecule has 7 rings (SSSR count). The Morgan fingerprint density at radius 1 is 0.525 bits per heavy atom. The van der Waals surface area contributed by atoms with Crippen LogP contribution in [0.1, 0.15) is 45.1 Å². The summed E-state index contributed by atoms with van der Waals surface area (Å²) in [5.74, 6) is 1.21. The lowest BCUT2D eigenvalue weighted by atomic mass is 9.90. The van der Waals surface area contributed by atoms with Crippen LogP contribution in [-0.4, -0.2) is 23.6 Å². The Balaban J connectivity index is 0.000000131. The van der Waals surface area contributed by atoms with Crippen LogP contribution in [0.5, 0.6) is 0 Å². The van der Waals surface area contributed by atoms with Crippen molar-refractivity contribution in [2.45, 2.75) is 70.1 Å². The lowest BCUT2D eigenvalue weighted by molar-refractivity contribution is 0.290. The summed E-state index contributed by atoms with van der Waals surface area (Å²) < 4.78 is 0. The van der Waals surface area contributed by atoms with Crippen LogP contribution >= 0.6 is 7.92 Å². The van der Waals surface area contributed by atoms with Crippen molar-refractivity contribution in [3.63, 3.8) is 0 Å². The minimum Gasteiger partial charge on any atom is -0.306 e. The topological polar surface area (TPSA) is 24.1 Å². The van der Waals surface area contributed by atoms with Gasteiger partial charge in [0.25, 0.3) is 0 Å². The smallest absolute Gasteiger partial charge is 0.0298 e. The summed E-state index contributed by atoms with van der Waals surface area (Å²) in [4.78, 5) is 0. The Bertz CT molecular complexity index is 1400. The Labute approximate surface area is 242 Å². The zero-order chi connectivity index (χ0) is 27.7. The van der Waals surface area contributed by atoms with Gasteiger partial charge in [-0.1, -0.05) is 140 Å². The zero-order valence-corrected chi connectivity index (χ0v) is 25.0. The van der Waals surface area contributed by atoms with Crippen LogP contribution in [0.2, 0.25) is 0 Å². The third-order valence-corrected chi connectivity index (χ3v) is 11.0. The SMILES string of the molecule is CC1N[C@H]2CCCC[C@@H]2NC(C)P1c1ccccc1.Cc1ccc2ccccc2c1.c1ccc2ccccc2c1. The molecule has 1 aliphatic heterocycles. The van der Waals surface area contributed by atoms with Gasteiger partial charge < -0.3 is 10.6 Å².